The lowest BCUT2D eigenvalue weighted by Gasteiger charge is -2.13. The highest BCUT2D eigenvalue weighted by Crippen LogP contribution is 2.32. The Balaban J connectivity index is 3.04. The highest BCUT2D eigenvalue weighted by molar-refractivity contribution is 5.26. The fourth-order valence-corrected chi connectivity index (χ4v) is 1.30. The van der Waals surface area contributed by atoms with Crippen molar-refractivity contribution < 1.29 is 13.2 Å². The van der Waals surface area contributed by atoms with Crippen LogP contribution < -0.4 is 0 Å². The van der Waals surface area contributed by atoms with Crippen molar-refractivity contribution in [2.24, 2.45) is 5.92 Å². The van der Waals surface area contributed by atoms with Gasteiger partial charge in [-0.2, -0.15) is 13.2 Å². The van der Waals surface area contributed by atoms with Gasteiger partial charge in [0.15, 0.2) is 0 Å². The maximum Gasteiger partial charge on any atom is 0.418 e. The summed E-state index contributed by atoms with van der Waals surface area (Å²) >= 11 is 0. The molecule has 0 saturated carbocycles. The van der Waals surface area contributed by atoms with Crippen LogP contribution in [0.2, 0.25) is 0 Å². The average molecular weight is 203 g/mol. The lowest BCUT2D eigenvalue weighted by atomic mass is 10.00. The summed E-state index contributed by atoms with van der Waals surface area (Å²) in [5.41, 5.74) is -0.295. The molecule has 1 rings (SSSR count). The van der Waals surface area contributed by atoms with Crippen molar-refractivity contribution in [2.45, 2.75) is 26.4 Å². The molecule has 0 spiro atoms. The molecule has 0 aliphatic rings. The molecule has 14 heavy (non-hydrogen) atoms. The zero-order valence-corrected chi connectivity index (χ0v) is 8.10. The van der Waals surface area contributed by atoms with Crippen molar-refractivity contribution in [1.82, 2.24) is 4.98 Å². The van der Waals surface area contributed by atoms with Crippen LogP contribution >= 0.6 is 0 Å². The molecule has 0 aliphatic carbocycles. The monoisotopic (exact) mass is 203 g/mol. The fraction of sp³-hybridized carbons (Fsp3) is 0.500. The highest BCUT2D eigenvalue weighted by Gasteiger charge is 2.33. The highest BCUT2D eigenvalue weighted by atomic mass is 19.4. The van der Waals surface area contributed by atoms with E-state index in [2.05, 4.69) is 4.98 Å². The number of hydrogen-bond acceptors (Lipinski definition) is 1. The smallest absolute Gasteiger partial charge is 0.264 e. The van der Waals surface area contributed by atoms with Gasteiger partial charge in [-0.3, -0.25) is 4.98 Å². The number of rotatable bonds is 2. The Bertz CT molecular complexity index is 304. The molecule has 1 aromatic heterocycles. The van der Waals surface area contributed by atoms with E-state index >= 15 is 0 Å². The first-order valence-corrected chi connectivity index (χ1v) is 4.41. The van der Waals surface area contributed by atoms with Crippen LogP contribution in [0.1, 0.15) is 25.0 Å². The van der Waals surface area contributed by atoms with Crippen LogP contribution in [0, 0.1) is 5.92 Å². The van der Waals surface area contributed by atoms with E-state index in [1.807, 2.05) is 13.8 Å². The summed E-state index contributed by atoms with van der Waals surface area (Å²) in [5, 5.41) is 0. The molecule has 0 radical (unpaired) electrons. The molecular weight excluding hydrogens is 191 g/mol. The molecule has 1 nitrogen and oxygen atoms in total. The van der Waals surface area contributed by atoms with Crippen molar-refractivity contribution in [1.29, 1.82) is 0 Å². The molecule has 0 aliphatic heterocycles. The van der Waals surface area contributed by atoms with Crippen molar-refractivity contribution in [3.8, 4) is 0 Å². The van der Waals surface area contributed by atoms with Crippen LogP contribution in [0.4, 0.5) is 13.2 Å². The summed E-state index contributed by atoms with van der Waals surface area (Å²) < 4.78 is 37.4. The normalized spacial score (nSPS) is 12.1. The van der Waals surface area contributed by atoms with E-state index in [9.17, 15) is 13.2 Å². The number of alkyl halides is 3. The van der Waals surface area contributed by atoms with Crippen molar-refractivity contribution in [3.63, 3.8) is 0 Å². The quantitative estimate of drug-likeness (QED) is 0.718. The van der Waals surface area contributed by atoms with Crippen LogP contribution in [0.5, 0.6) is 0 Å². The van der Waals surface area contributed by atoms with E-state index in [0.29, 0.717) is 12.0 Å². The third-order valence-corrected chi connectivity index (χ3v) is 1.84. The van der Waals surface area contributed by atoms with Crippen LogP contribution in [0.25, 0.3) is 0 Å². The number of nitrogens with zero attached hydrogens (tertiary/aromatic N) is 1. The van der Waals surface area contributed by atoms with E-state index in [4.69, 9.17) is 0 Å². The van der Waals surface area contributed by atoms with Gasteiger partial charge in [0.1, 0.15) is 0 Å². The second kappa shape index (κ2) is 3.98. The number of hydrogen-bond donors (Lipinski definition) is 0. The second-order valence-electron chi connectivity index (χ2n) is 3.63. The Hall–Kier alpha value is -1.06. The molecule has 0 aromatic carbocycles. The number of pyridine rings is 1. The van der Waals surface area contributed by atoms with Gasteiger partial charge in [0.25, 0.3) is 0 Å². The SMILES string of the molecule is CC(C)Cc1ccncc1C(F)(F)F. The lowest BCUT2D eigenvalue weighted by molar-refractivity contribution is -0.138. The first kappa shape index (κ1) is 11.0. The summed E-state index contributed by atoms with van der Waals surface area (Å²) in [6.07, 6.45) is -1.58. The van der Waals surface area contributed by atoms with Crippen molar-refractivity contribution in [3.05, 3.63) is 29.6 Å². The topological polar surface area (TPSA) is 12.9 Å². The average Bonchev–Trinajstić information content (AvgIpc) is 2.01. The molecule has 78 valence electrons. The lowest BCUT2D eigenvalue weighted by Crippen LogP contribution is -2.11. The minimum atomic E-state index is -4.29. The predicted molar refractivity (Wildman–Crippen MR) is 47.8 cm³/mol. The van der Waals surface area contributed by atoms with Gasteiger partial charge in [-0.05, 0) is 24.0 Å². The van der Waals surface area contributed by atoms with Crippen LogP contribution in [0.15, 0.2) is 18.5 Å². The fourth-order valence-electron chi connectivity index (χ4n) is 1.30. The molecule has 0 atom stereocenters. The number of halogens is 3. The Morgan fingerprint density at radius 3 is 2.50 bits per heavy atom. The molecule has 0 unspecified atom stereocenters. The van der Waals surface area contributed by atoms with E-state index in [0.717, 1.165) is 6.20 Å². The van der Waals surface area contributed by atoms with Crippen molar-refractivity contribution in [2.75, 3.05) is 0 Å². The van der Waals surface area contributed by atoms with Gasteiger partial charge in [-0.1, -0.05) is 13.8 Å². The van der Waals surface area contributed by atoms with Crippen molar-refractivity contribution >= 4 is 0 Å². The van der Waals surface area contributed by atoms with E-state index in [1.165, 1.54) is 12.3 Å². The Kier molecular flexibility index (Phi) is 3.13. The molecule has 0 N–H and O–H groups in total. The first-order valence-electron chi connectivity index (χ1n) is 4.41. The van der Waals surface area contributed by atoms with Crippen LogP contribution in [-0.4, -0.2) is 4.98 Å². The zero-order chi connectivity index (χ0) is 10.8. The van der Waals surface area contributed by atoms with Crippen LogP contribution in [-0.2, 0) is 12.6 Å². The summed E-state index contributed by atoms with van der Waals surface area (Å²) in [4.78, 5) is 3.50. The summed E-state index contributed by atoms with van der Waals surface area (Å²) in [5.74, 6) is 0.207. The first-order chi connectivity index (χ1) is 6.41. The molecular formula is C10H12F3N. The maximum atomic E-state index is 12.5. The third kappa shape index (κ3) is 2.72. The summed E-state index contributed by atoms with van der Waals surface area (Å²) in [6.45, 7) is 3.78. The van der Waals surface area contributed by atoms with Crippen LogP contribution in [0.3, 0.4) is 0 Å². The van der Waals surface area contributed by atoms with Gasteiger partial charge < -0.3 is 0 Å². The van der Waals surface area contributed by atoms with E-state index in [-0.39, 0.29) is 5.92 Å². The van der Waals surface area contributed by atoms with E-state index in [1.54, 1.807) is 0 Å². The molecule has 1 aromatic rings. The third-order valence-electron chi connectivity index (χ3n) is 1.84. The van der Waals surface area contributed by atoms with Gasteiger partial charge in [-0.25, -0.2) is 0 Å². The maximum absolute atomic E-state index is 12.5. The number of aromatic nitrogens is 1. The standard InChI is InChI=1S/C10H12F3N/c1-7(2)5-8-3-4-14-6-9(8)10(11,12)13/h3-4,6-7H,5H2,1-2H3. The second-order valence-corrected chi connectivity index (χ2v) is 3.63. The largest absolute Gasteiger partial charge is 0.418 e. The molecule has 0 fully saturated rings. The van der Waals surface area contributed by atoms with Gasteiger partial charge in [0, 0.05) is 12.4 Å². The predicted octanol–water partition coefficient (Wildman–Crippen LogP) is 3.30. The van der Waals surface area contributed by atoms with E-state index < -0.39 is 11.7 Å². The molecule has 4 heteroatoms. The summed E-state index contributed by atoms with van der Waals surface area (Å²) in [6, 6.07) is 1.43. The Morgan fingerprint density at radius 1 is 1.36 bits per heavy atom. The molecule has 1 heterocycles. The Labute approximate surface area is 81.0 Å². The molecule has 0 saturated heterocycles. The Morgan fingerprint density at radius 2 is 2.00 bits per heavy atom. The molecule has 0 bridgehead atoms. The van der Waals surface area contributed by atoms with Gasteiger partial charge in [-0.15, -0.1) is 0 Å². The van der Waals surface area contributed by atoms with Gasteiger partial charge in [0.05, 0.1) is 5.56 Å². The summed E-state index contributed by atoms with van der Waals surface area (Å²) in [7, 11) is 0. The van der Waals surface area contributed by atoms with Gasteiger partial charge in [0.2, 0.25) is 0 Å². The van der Waals surface area contributed by atoms with Gasteiger partial charge >= 0.3 is 6.18 Å². The zero-order valence-electron chi connectivity index (χ0n) is 8.10. The minimum Gasteiger partial charge on any atom is -0.264 e. The minimum absolute atomic E-state index is 0.207. The molecule has 0 amide bonds.